The van der Waals surface area contributed by atoms with Crippen LogP contribution in [0.3, 0.4) is 0 Å². The van der Waals surface area contributed by atoms with E-state index in [-0.39, 0.29) is 6.10 Å². The third kappa shape index (κ3) is 1.95. The number of hydrogen-bond donors (Lipinski definition) is 1. The molecule has 2 rings (SSSR count). The van der Waals surface area contributed by atoms with E-state index in [1.165, 1.54) is 11.1 Å². The summed E-state index contributed by atoms with van der Waals surface area (Å²) in [6.07, 6.45) is 1.14. The smallest absolute Gasteiger partial charge is 0.0975 e. The molecule has 1 atom stereocenters. The highest BCUT2D eigenvalue weighted by Gasteiger charge is 2.19. The molecule has 1 unspecified atom stereocenters. The normalized spacial score (nSPS) is 20.5. The van der Waals surface area contributed by atoms with Crippen molar-refractivity contribution in [1.82, 2.24) is 5.48 Å². The van der Waals surface area contributed by atoms with E-state index in [0.717, 1.165) is 13.0 Å². The zero-order valence-electron chi connectivity index (χ0n) is 8.32. The first-order valence-electron chi connectivity index (χ1n) is 4.87. The summed E-state index contributed by atoms with van der Waals surface area (Å²) in [4.78, 5) is 4.83. The van der Waals surface area contributed by atoms with E-state index in [0.29, 0.717) is 6.54 Å². The first kappa shape index (κ1) is 9.65. The number of hydrogen-bond acceptors (Lipinski definition) is 3. The third-order valence-corrected chi connectivity index (χ3v) is 2.51. The van der Waals surface area contributed by atoms with Gasteiger partial charge in [-0.05, 0) is 17.5 Å². The van der Waals surface area contributed by atoms with Crippen LogP contribution < -0.4 is 5.48 Å². The quantitative estimate of drug-likeness (QED) is 0.737. The minimum Gasteiger partial charge on any atom is -0.372 e. The Hall–Kier alpha value is -0.900. The second-order valence-electron chi connectivity index (χ2n) is 3.36. The van der Waals surface area contributed by atoms with E-state index in [1.54, 1.807) is 7.11 Å². The van der Waals surface area contributed by atoms with Crippen LogP contribution in [0.15, 0.2) is 24.3 Å². The predicted molar refractivity (Wildman–Crippen MR) is 53.9 cm³/mol. The van der Waals surface area contributed by atoms with E-state index < -0.39 is 0 Å². The van der Waals surface area contributed by atoms with Crippen LogP contribution in [-0.2, 0) is 16.0 Å². The van der Waals surface area contributed by atoms with Crippen molar-refractivity contribution < 1.29 is 9.57 Å². The van der Waals surface area contributed by atoms with Gasteiger partial charge in [0.25, 0.3) is 0 Å². The average Bonchev–Trinajstić information content (AvgIpc) is 2.26. The molecule has 3 heteroatoms. The highest BCUT2D eigenvalue weighted by atomic mass is 16.6. The zero-order chi connectivity index (χ0) is 9.80. The van der Waals surface area contributed by atoms with Crippen LogP contribution in [0.2, 0.25) is 0 Å². The Bertz CT molecular complexity index is 301. The van der Waals surface area contributed by atoms with Crippen molar-refractivity contribution in [1.29, 1.82) is 0 Å². The van der Waals surface area contributed by atoms with Crippen molar-refractivity contribution in [2.45, 2.75) is 12.5 Å². The molecular formula is C11H15NO2. The minimum absolute atomic E-state index is 0.125. The fourth-order valence-corrected chi connectivity index (χ4v) is 1.80. The fraction of sp³-hybridized carbons (Fsp3) is 0.455. The molecule has 0 saturated carbocycles. The van der Waals surface area contributed by atoms with Crippen molar-refractivity contribution in [3.05, 3.63) is 35.4 Å². The van der Waals surface area contributed by atoms with Gasteiger partial charge in [0.15, 0.2) is 0 Å². The van der Waals surface area contributed by atoms with Gasteiger partial charge in [-0.3, -0.25) is 0 Å². The summed E-state index contributed by atoms with van der Waals surface area (Å²) in [6.45, 7) is 1.50. The Labute approximate surface area is 84.0 Å². The number of nitrogens with one attached hydrogen (secondary N) is 1. The highest BCUT2D eigenvalue weighted by molar-refractivity contribution is 5.31. The first-order chi connectivity index (χ1) is 6.92. The van der Waals surface area contributed by atoms with Gasteiger partial charge in [-0.1, -0.05) is 24.3 Å². The van der Waals surface area contributed by atoms with Gasteiger partial charge in [0.05, 0.1) is 26.4 Å². The molecule has 76 valence electrons. The molecule has 0 saturated heterocycles. The lowest BCUT2D eigenvalue weighted by Gasteiger charge is -2.25. The monoisotopic (exact) mass is 193 g/mol. The van der Waals surface area contributed by atoms with Crippen LogP contribution in [0.25, 0.3) is 0 Å². The van der Waals surface area contributed by atoms with Gasteiger partial charge in [-0.2, -0.15) is 5.48 Å². The second kappa shape index (κ2) is 4.55. The molecule has 14 heavy (non-hydrogen) atoms. The number of hydroxylamine groups is 1. The molecule has 1 aromatic rings. The molecule has 0 bridgehead atoms. The molecule has 1 heterocycles. The number of ether oxygens (including phenoxy) is 1. The zero-order valence-corrected chi connectivity index (χ0v) is 8.32. The molecule has 0 aliphatic carbocycles. The topological polar surface area (TPSA) is 30.5 Å². The van der Waals surface area contributed by atoms with Crippen LogP contribution >= 0.6 is 0 Å². The van der Waals surface area contributed by atoms with Crippen molar-refractivity contribution in [2.75, 3.05) is 20.3 Å². The van der Waals surface area contributed by atoms with Crippen LogP contribution in [-0.4, -0.2) is 20.3 Å². The number of benzene rings is 1. The average molecular weight is 193 g/mol. The third-order valence-electron chi connectivity index (χ3n) is 2.51. The molecule has 0 aromatic heterocycles. The van der Waals surface area contributed by atoms with Gasteiger partial charge in [0.1, 0.15) is 0 Å². The molecule has 0 fully saturated rings. The molecule has 0 spiro atoms. The number of fused-ring (bicyclic) bond motifs is 1. The van der Waals surface area contributed by atoms with E-state index in [9.17, 15) is 0 Å². The summed E-state index contributed by atoms with van der Waals surface area (Å²) >= 11 is 0. The maximum Gasteiger partial charge on any atom is 0.0975 e. The van der Waals surface area contributed by atoms with Crippen molar-refractivity contribution >= 4 is 0 Å². The standard InChI is InChI=1S/C11H15NO2/c1-13-12-8-11-10-5-3-2-4-9(10)6-7-14-11/h2-5,11-12H,6-8H2,1H3. The van der Waals surface area contributed by atoms with Crippen LogP contribution in [0.4, 0.5) is 0 Å². The van der Waals surface area contributed by atoms with E-state index >= 15 is 0 Å². The predicted octanol–water partition coefficient (Wildman–Crippen LogP) is 1.45. The summed E-state index contributed by atoms with van der Waals surface area (Å²) < 4.78 is 5.66. The Balaban J connectivity index is 2.14. The fourth-order valence-electron chi connectivity index (χ4n) is 1.80. The van der Waals surface area contributed by atoms with Gasteiger partial charge in [0.2, 0.25) is 0 Å². The molecule has 1 aromatic carbocycles. The number of rotatable bonds is 3. The highest BCUT2D eigenvalue weighted by Crippen LogP contribution is 2.25. The van der Waals surface area contributed by atoms with E-state index in [1.807, 2.05) is 6.07 Å². The van der Waals surface area contributed by atoms with Crippen LogP contribution in [0.1, 0.15) is 17.2 Å². The van der Waals surface area contributed by atoms with Gasteiger partial charge < -0.3 is 9.57 Å². The Kier molecular flexibility index (Phi) is 3.14. The van der Waals surface area contributed by atoms with Crippen LogP contribution in [0.5, 0.6) is 0 Å². The SMILES string of the molecule is CONCC1OCCc2ccccc21. The summed E-state index contributed by atoms with van der Waals surface area (Å²) in [7, 11) is 1.62. The van der Waals surface area contributed by atoms with Crippen molar-refractivity contribution in [3.63, 3.8) is 0 Å². The second-order valence-corrected chi connectivity index (χ2v) is 3.36. The Morgan fingerprint density at radius 2 is 2.36 bits per heavy atom. The lowest BCUT2D eigenvalue weighted by molar-refractivity contribution is -0.000764. The maximum absolute atomic E-state index is 5.66. The molecule has 1 N–H and O–H groups in total. The Morgan fingerprint density at radius 1 is 1.50 bits per heavy atom. The first-order valence-corrected chi connectivity index (χ1v) is 4.87. The Morgan fingerprint density at radius 3 is 3.21 bits per heavy atom. The molecule has 0 amide bonds. The minimum atomic E-state index is 0.125. The van der Waals surface area contributed by atoms with Gasteiger partial charge >= 0.3 is 0 Å². The largest absolute Gasteiger partial charge is 0.372 e. The van der Waals surface area contributed by atoms with Gasteiger partial charge in [-0.15, -0.1) is 0 Å². The summed E-state index contributed by atoms with van der Waals surface area (Å²) in [5, 5.41) is 0. The van der Waals surface area contributed by atoms with Gasteiger partial charge in [0, 0.05) is 0 Å². The summed E-state index contributed by atoms with van der Waals surface area (Å²) in [5.74, 6) is 0. The van der Waals surface area contributed by atoms with Crippen molar-refractivity contribution in [2.24, 2.45) is 0 Å². The molecule has 0 radical (unpaired) electrons. The molecule has 1 aliphatic rings. The maximum atomic E-state index is 5.66. The molecule has 3 nitrogen and oxygen atoms in total. The summed E-state index contributed by atoms with van der Waals surface area (Å²) in [6, 6.07) is 8.41. The molecule has 1 aliphatic heterocycles. The lowest BCUT2D eigenvalue weighted by atomic mass is 9.98. The van der Waals surface area contributed by atoms with Crippen LogP contribution in [0, 0.1) is 0 Å². The van der Waals surface area contributed by atoms with Crippen molar-refractivity contribution in [3.8, 4) is 0 Å². The lowest BCUT2D eigenvalue weighted by Crippen LogP contribution is -2.26. The van der Waals surface area contributed by atoms with E-state index in [4.69, 9.17) is 9.57 Å². The molecular weight excluding hydrogens is 178 g/mol. The van der Waals surface area contributed by atoms with E-state index in [2.05, 4.69) is 23.7 Å². The van der Waals surface area contributed by atoms with Gasteiger partial charge in [-0.25, -0.2) is 0 Å². The summed E-state index contributed by atoms with van der Waals surface area (Å²) in [5.41, 5.74) is 5.51.